The molecular weight excluding hydrogens is 298 g/mol. The predicted octanol–water partition coefficient (Wildman–Crippen LogP) is 2.80. The number of rotatable bonds is 5. The fraction of sp³-hybridized carbons (Fsp3) is 0.438. The van der Waals surface area contributed by atoms with Crippen molar-refractivity contribution in [1.82, 2.24) is 10.6 Å². The molecule has 7 heteroatoms. The molecule has 0 heterocycles. The van der Waals surface area contributed by atoms with E-state index in [0.717, 1.165) is 5.56 Å². The van der Waals surface area contributed by atoms with E-state index in [4.69, 9.17) is 14.9 Å². The Balaban J connectivity index is 2.17. The standard InChI is InChI=1S/C16H23N3O4/c1-16(2,3)23-15(21)19-13(17)9-10-18-14(20)22-11-12-7-5-4-6-8-12/h4-8H,9-11H2,1-3H3,(H,18,20)(H2,17,19,21). The first-order valence-corrected chi connectivity index (χ1v) is 7.28. The van der Waals surface area contributed by atoms with E-state index in [1.54, 1.807) is 20.8 Å². The van der Waals surface area contributed by atoms with Crippen molar-refractivity contribution in [2.24, 2.45) is 0 Å². The molecule has 126 valence electrons. The summed E-state index contributed by atoms with van der Waals surface area (Å²) in [6.07, 6.45) is -1.09. The number of carbonyl (C=O) groups is 2. The molecule has 0 saturated carbocycles. The van der Waals surface area contributed by atoms with Gasteiger partial charge in [0.2, 0.25) is 0 Å². The second kappa shape index (κ2) is 8.77. The zero-order valence-electron chi connectivity index (χ0n) is 13.6. The van der Waals surface area contributed by atoms with E-state index < -0.39 is 17.8 Å². The maximum absolute atomic E-state index is 11.5. The van der Waals surface area contributed by atoms with E-state index in [9.17, 15) is 9.59 Å². The van der Waals surface area contributed by atoms with Crippen molar-refractivity contribution in [3.05, 3.63) is 35.9 Å². The molecule has 0 bridgehead atoms. The second-order valence-corrected chi connectivity index (χ2v) is 5.84. The SMILES string of the molecule is CC(C)(C)OC(=O)NC(=N)CCNC(=O)OCc1ccccc1. The molecule has 23 heavy (non-hydrogen) atoms. The maximum Gasteiger partial charge on any atom is 0.413 e. The van der Waals surface area contributed by atoms with Crippen molar-refractivity contribution in [2.45, 2.75) is 39.4 Å². The van der Waals surface area contributed by atoms with Gasteiger partial charge in [0.1, 0.15) is 18.0 Å². The Labute approximate surface area is 135 Å². The number of amides is 2. The van der Waals surface area contributed by atoms with Gasteiger partial charge in [-0.3, -0.25) is 10.7 Å². The van der Waals surface area contributed by atoms with Gasteiger partial charge >= 0.3 is 12.2 Å². The van der Waals surface area contributed by atoms with E-state index in [1.807, 2.05) is 30.3 Å². The van der Waals surface area contributed by atoms with Crippen LogP contribution in [0.5, 0.6) is 0 Å². The molecule has 0 radical (unpaired) electrons. The first-order valence-electron chi connectivity index (χ1n) is 7.28. The lowest BCUT2D eigenvalue weighted by Gasteiger charge is -2.19. The highest BCUT2D eigenvalue weighted by molar-refractivity contribution is 5.93. The Morgan fingerprint density at radius 1 is 1.13 bits per heavy atom. The molecule has 1 rings (SSSR count). The molecule has 0 atom stereocenters. The van der Waals surface area contributed by atoms with Crippen LogP contribution >= 0.6 is 0 Å². The van der Waals surface area contributed by atoms with Crippen molar-refractivity contribution in [3.63, 3.8) is 0 Å². The van der Waals surface area contributed by atoms with Gasteiger partial charge in [-0.2, -0.15) is 0 Å². The van der Waals surface area contributed by atoms with Crippen LogP contribution in [-0.4, -0.2) is 30.2 Å². The van der Waals surface area contributed by atoms with E-state index in [0.29, 0.717) is 0 Å². The fourth-order valence-corrected chi connectivity index (χ4v) is 1.55. The van der Waals surface area contributed by atoms with Crippen molar-refractivity contribution < 1.29 is 19.1 Å². The van der Waals surface area contributed by atoms with E-state index in [2.05, 4.69) is 10.6 Å². The molecule has 0 aliphatic heterocycles. The van der Waals surface area contributed by atoms with Crippen LogP contribution in [0.3, 0.4) is 0 Å². The van der Waals surface area contributed by atoms with Gasteiger partial charge < -0.3 is 14.8 Å². The summed E-state index contributed by atoms with van der Waals surface area (Å²) >= 11 is 0. The molecule has 0 aliphatic rings. The van der Waals surface area contributed by atoms with Crippen LogP contribution in [0.2, 0.25) is 0 Å². The van der Waals surface area contributed by atoms with Crippen LogP contribution in [0.1, 0.15) is 32.8 Å². The topological polar surface area (TPSA) is 101 Å². The Kier molecular flexibility index (Phi) is 7.05. The summed E-state index contributed by atoms with van der Waals surface area (Å²) in [4.78, 5) is 22.9. The lowest BCUT2D eigenvalue weighted by Crippen LogP contribution is -2.37. The van der Waals surface area contributed by atoms with Crippen molar-refractivity contribution in [2.75, 3.05) is 6.54 Å². The lowest BCUT2D eigenvalue weighted by atomic mass is 10.2. The lowest BCUT2D eigenvalue weighted by molar-refractivity contribution is 0.0562. The molecule has 0 unspecified atom stereocenters. The van der Waals surface area contributed by atoms with Crippen molar-refractivity contribution in [1.29, 1.82) is 5.41 Å². The van der Waals surface area contributed by atoms with Crippen LogP contribution in [0, 0.1) is 5.41 Å². The summed E-state index contributed by atoms with van der Waals surface area (Å²) in [6.45, 7) is 5.57. The molecule has 0 fully saturated rings. The van der Waals surface area contributed by atoms with Gasteiger partial charge in [-0.25, -0.2) is 9.59 Å². The van der Waals surface area contributed by atoms with Crippen LogP contribution in [-0.2, 0) is 16.1 Å². The maximum atomic E-state index is 11.5. The molecule has 0 aromatic heterocycles. The number of benzene rings is 1. The molecule has 2 amide bonds. The van der Waals surface area contributed by atoms with Crippen LogP contribution in [0.15, 0.2) is 30.3 Å². The van der Waals surface area contributed by atoms with Gasteiger partial charge in [0.25, 0.3) is 0 Å². The van der Waals surface area contributed by atoms with Crippen molar-refractivity contribution >= 4 is 18.0 Å². The largest absolute Gasteiger partial charge is 0.445 e. The zero-order chi connectivity index (χ0) is 17.3. The molecule has 7 nitrogen and oxygen atoms in total. The number of hydrogen-bond acceptors (Lipinski definition) is 5. The van der Waals surface area contributed by atoms with E-state index in [1.165, 1.54) is 0 Å². The number of hydrogen-bond donors (Lipinski definition) is 3. The molecule has 1 aromatic rings. The first-order chi connectivity index (χ1) is 10.8. The molecular formula is C16H23N3O4. The minimum Gasteiger partial charge on any atom is -0.445 e. The summed E-state index contributed by atoms with van der Waals surface area (Å²) in [5.74, 6) is -0.0393. The average molecular weight is 321 g/mol. The predicted molar refractivity (Wildman–Crippen MR) is 86.3 cm³/mol. The van der Waals surface area contributed by atoms with Gasteiger partial charge in [0.05, 0.1) is 0 Å². The van der Waals surface area contributed by atoms with Crippen LogP contribution in [0.4, 0.5) is 9.59 Å². The van der Waals surface area contributed by atoms with Gasteiger partial charge in [-0.05, 0) is 26.3 Å². The summed E-state index contributed by atoms with van der Waals surface area (Å²) in [7, 11) is 0. The summed E-state index contributed by atoms with van der Waals surface area (Å²) in [5, 5.41) is 12.4. The van der Waals surface area contributed by atoms with Gasteiger partial charge in [0, 0.05) is 13.0 Å². The number of carbonyl (C=O) groups excluding carboxylic acids is 2. The Bertz CT molecular complexity index is 538. The smallest absolute Gasteiger partial charge is 0.413 e. The third-order valence-electron chi connectivity index (χ3n) is 2.51. The summed E-state index contributed by atoms with van der Waals surface area (Å²) in [5.41, 5.74) is 0.270. The molecule has 1 aromatic carbocycles. The number of nitrogens with one attached hydrogen (secondary N) is 3. The van der Waals surface area contributed by atoms with Gasteiger partial charge in [0.15, 0.2) is 0 Å². The van der Waals surface area contributed by atoms with Gasteiger partial charge in [-0.15, -0.1) is 0 Å². The molecule has 0 saturated heterocycles. The highest BCUT2D eigenvalue weighted by Crippen LogP contribution is 2.06. The Morgan fingerprint density at radius 3 is 2.39 bits per heavy atom. The Morgan fingerprint density at radius 2 is 1.78 bits per heavy atom. The fourth-order valence-electron chi connectivity index (χ4n) is 1.55. The first kappa shape index (κ1) is 18.5. The minimum absolute atomic E-state index is 0.0393. The van der Waals surface area contributed by atoms with Crippen LogP contribution < -0.4 is 10.6 Å². The summed E-state index contributed by atoms with van der Waals surface area (Å²) < 4.78 is 10.0. The summed E-state index contributed by atoms with van der Waals surface area (Å²) in [6, 6.07) is 9.31. The average Bonchev–Trinajstić information content (AvgIpc) is 2.44. The van der Waals surface area contributed by atoms with Gasteiger partial charge in [-0.1, -0.05) is 30.3 Å². The molecule has 0 aliphatic carbocycles. The van der Waals surface area contributed by atoms with E-state index in [-0.39, 0.29) is 25.4 Å². The highest BCUT2D eigenvalue weighted by atomic mass is 16.6. The second-order valence-electron chi connectivity index (χ2n) is 5.84. The highest BCUT2D eigenvalue weighted by Gasteiger charge is 2.16. The van der Waals surface area contributed by atoms with Crippen LogP contribution in [0.25, 0.3) is 0 Å². The van der Waals surface area contributed by atoms with E-state index >= 15 is 0 Å². The number of alkyl carbamates (subject to hydrolysis) is 2. The Hall–Kier alpha value is -2.57. The molecule has 0 spiro atoms. The monoisotopic (exact) mass is 321 g/mol. The third-order valence-corrected chi connectivity index (χ3v) is 2.51. The molecule has 3 N–H and O–H groups in total. The van der Waals surface area contributed by atoms with Crippen molar-refractivity contribution in [3.8, 4) is 0 Å². The number of amidine groups is 1. The zero-order valence-corrected chi connectivity index (χ0v) is 13.6. The normalized spacial score (nSPS) is 10.6. The third kappa shape index (κ3) is 9.13. The quantitative estimate of drug-likeness (QED) is 0.573. The minimum atomic E-state index is -0.686. The number of ether oxygens (including phenoxy) is 2.